The van der Waals surface area contributed by atoms with Gasteiger partial charge in [0.15, 0.2) is 0 Å². The first-order valence-electron chi connectivity index (χ1n) is 43.4. The molecule has 0 aliphatic heterocycles. The van der Waals surface area contributed by atoms with E-state index in [0.29, 0.717) is 117 Å². The van der Waals surface area contributed by atoms with E-state index in [9.17, 15) is 45.0 Å². The van der Waals surface area contributed by atoms with Crippen molar-refractivity contribution in [1.82, 2.24) is 0 Å². The number of rotatable bonds is 60. The molecule has 0 bridgehead atoms. The van der Waals surface area contributed by atoms with Crippen LogP contribution in [0.3, 0.4) is 0 Å². The smallest absolute Gasteiger partial charge is 0.333 e. The van der Waals surface area contributed by atoms with Crippen molar-refractivity contribution in [2.24, 2.45) is 16.2 Å². The Hall–Kier alpha value is -7.95. The summed E-state index contributed by atoms with van der Waals surface area (Å²) >= 11 is 0. The van der Waals surface area contributed by atoms with E-state index in [-0.39, 0.29) is 92.0 Å². The predicted octanol–water partition coefficient (Wildman–Crippen LogP) is 14.9. The Labute approximate surface area is 775 Å². The van der Waals surface area contributed by atoms with Gasteiger partial charge in [0.2, 0.25) is 0 Å². The first-order chi connectivity index (χ1) is 60.9. The maximum atomic E-state index is 11.4. The maximum Gasteiger partial charge on any atom is 0.333 e. The van der Waals surface area contributed by atoms with Gasteiger partial charge in [-0.1, -0.05) is 189 Å². The molecule has 27 nitrogen and oxygen atoms in total. The van der Waals surface area contributed by atoms with Crippen molar-refractivity contribution in [3.05, 3.63) is 216 Å². The van der Waals surface area contributed by atoms with Crippen LogP contribution in [0.25, 0.3) is 12.2 Å². The molecule has 0 saturated carbocycles. The number of esters is 3. The summed E-state index contributed by atoms with van der Waals surface area (Å²) < 4.78 is 73.1. The normalized spacial score (nSPS) is 12.0. The summed E-state index contributed by atoms with van der Waals surface area (Å²) in [4.78, 5) is 33.0. The summed E-state index contributed by atoms with van der Waals surface area (Å²) in [7, 11) is 0. The van der Waals surface area contributed by atoms with Crippen LogP contribution in [-0.2, 0) is 71.2 Å². The largest absolute Gasteiger partial charge is 0.491 e. The molecule has 0 fully saturated rings. The zero-order valence-corrected chi connectivity index (χ0v) is 82.3. The first-order valence-corrected chi connectivity index (χ1v) is 43.4. The van der Waals surface area contributed by atoms with Crippen LogP contribution in [0.4, 0.5) is 0 Å². The van der Waals surface area contributed by atoms with Gasteiger partial charge >= 0.3 is 17.9 Å². The molecule has 0 amide bonds. The van der Waals surface area contributed by atoms with Crippen molar-refractivity contribution < 1.29 is 132 Å². The Kier molecular flexibility index (Phi) is 88.6. The monoisotopic (exact) mass is 1830 g/mol. The number of carbonyl (C=O) groups is 3. The van der Waals surface area contributed by atoms with Crippen molar-refractivity contribution in [2.75, 3.05) is 185 Å². The zero-order valence-electron chi connectivity index (χ0n) is 82.3. The van der Waals surface area contributed by atoms with Crippen molar-refractivity contribution in [3.63, 3.8) is 0 Å². The lowest BCUT2D eigenvalue weighted by Crippen LogP contribution is -2.36. The molecule has 0 aliphatic rings. The van der Waals surface area contributed by atoms with Crippen LogP contribution in [0.2, 0.25) is 0 Å². The third kappa shape index (κ3) is 87.8. The van der Waals surface area contributed by atoms with E-state index in [2.05, 4.69) is 44.2 Å². The number of hydrogen-bond acceptors (Lipinski definition) is 27. The molecule has 27 heteroatoms. The number of benzene rings is 2. The summed E-state index contributed by atoms with van der Waals surface area (Å²) in [5.74, 6) is -0.0262. The highest BCUT2D eigenvalue weighted by atomic mass is 16.6. The van der Waals surface area contributed by atoms with Crippen LogP contribution in [0.5, 0.6) is 11.5 Å². The lowest BCUT2D eigenvalue weighted by molar-refractivity contribution is -0.146. The molecule has 2 rings (SSSR count). The fourth-order valence-corrected chi connectivity index (χ4v) is 7.98. The molecule has 0 aromatic heterocycles. The first kappa shape index (κ1) is 132. The number of aliphatic hydroxyl groups excluding tert-OH is 10. The van der Waals surface area contributed by atoms with E-state index >= 15 is 0 Å². The van der Waals surface area contributed by atoms with Gasteiger partial charge in [-0.15, -0.1) is 6.58 Å². The maximum absolute atomic E-state index is 11.4. The molecule has 740 valence electrons. The van der Waals surface area contributed by atoms with Crippen molar-refractivity contribution in [3.8, 4) is 11.5 Å². The highest BCUT2D eigenvalue weighted by molar-refractivity contribution is 5.87. The molecule has 10 N–H and O–H groups in total. The Bertz CT molecular complexity index is 3440. The summed E-state index contributed by atoms with van der Waals surface area (Å²) in [5.41, 5.74) is 10.7. The zero-order chi connectivity index (χ0) is 99.5. The molecule has 0 heterocycles. The Morgan fingerprint density at radius 1 is 0.349 bits per heavy atom. The van der Waals surface area contributed by atoms with E-state index in [4.69, 9.17) is 82.0 Å². The second-order valence-electron chi connectivity index (χ2n) is 32.6. The second kappa shape index (κ2) is 86.7. The highest BCUT2D eigenvalue weighted by Crippen LogP contribution is 2.24. The predicted molar refractivity (Wildman–Crippen MR) is 519 cm³/mol. The molecule has 2 aromatic rings. The third-order valence-corrected chi connectivity index (χ3v) is 16.9. The summed E-state index contributed by atoms with van der Waals surface area (Å²) in [5, 5.41) is 92.6. The Morgan fingerprint density at radius 2 is 0.643 bits per heavy atom. The summed E-state index contributed by atoms with van der Waals surface area (Å²) in [6.07, 6.45) is 20.2. The van der Waals surface area contributed by atoms with E-state index < -0.39 is 58.6 Å². The van der Waals surface area contributed by atoms with Gasteiger partial charge in [-0.05, 0) is 173 Å². The number of hydrogen-bond donors (Lipinski definition) is 10. The molecule has 0 aliphatic carbocycles. The molecular weight excluding hydrogens is 1660 g/mol. The van der Waals surface area contributed by atoms with Gasteiger partial charge in [-0.25, -0.2) is 14.4 Å². The van der Waals surface area contributed by atoms with E-state index in [1.807, 2.05) is 222 Å². The summed E-state index contributed by atoms with van der Waals surface area (Å²) in [6, 6.07) is 15.1. The molecule has 6 atom stereocenters. The van der Waals surface area contributed by atoms with Crippen molar-refractivity contribution >= 4 is 30.1 Å². The molecule has 0 spiro atoms. The topological polar surface area (TPSA) is 383 Å². The molecule has 2 aromatic carbocycles. The number of ether oxygens (including phenoxy) is 14. The van der Waals surface area contributed by atoms with Gasteiger partial charge in [-0.2, -0.15) is 0 Å². The minimum absolute atomic E-state index is 0.0329. The van der Waals surface area contributed by atoms with Crippen molar-refractivity contribution in [2.45, 2.75) is 189 Å². The van der Waals surface area contributed by atoms with Crippen LogP contribution in [0, 0.1) is 16.2 Å². The van der Waals surface area contributed by atoms with E-state index in [1.54, 1.807) is 39.0 Å². The van der Waals surface area contributed by atoms with Gasteiger partial charge in [0.1, 0.15) is 68.4 Å². The minimum atomic E-state index is -0.797. The molecule has 6 unspecified atom stereocenters. The highest BCUT2D eigenvalue weighted by Gasteiger charge is 2.31. The van der Waals surface area contributed by atoms with Gasteiger partial charge in [0.05, 0.1) is 164 Å². The average Bonchev–Trinajstić information content (AvgIpc) is 0.895. The third-order valence-electron chi connectivity index (χ3n) is 16.9. The van der Waals surface area contributed by atoms with Crippen LogP contribution in [0.1, 0.15) is 169 Å². The van der Waals surface area contributed by atoms with Crippen LogP contribution in [0.15, 0.2) is 204 Å². The average molecular weight is 1830 g/mol. The lowest BCUT2D eigenvalue weighted by Gasteiger charge is -2.29. The van der Waals surface area contributed by atoms with Gasteiger partial charge in [0.25, 0.3) is 0 Å². The van der Waals surface area contributed by atoms with Crippen LogP contribution < -0.4 is 9.47 Å². The minimum Gasteiger partial charge on any atom is -0.491 e. The van der Waals surface area contributed by atoms with Crippen LogP contribution in [-0.4, -0.2) is 284 Å². The van der Waals surface area contributed by atoms with Gasteiger partial charge in [0, 0.05) is 28.1 Å². The number of carbonyl (C=O) groups excluding carboxylic acids is 3. The lowest BCUT2D eigenvalue weighted by atomic mass is 9.88. The molecular formula is C102H170O27. The number of allylic oxidation sites excluding steroid dienone is 8. The molecule has 0 radical (unpaired) electrons. The molecule has 129 heavy (non-hydrogen) atoms. The van der Waals surface area contributed by atoms with E-state index in [1.165, 1.54) is 33.4 Å². The standard InChI is InChI=1S/2C16H22O3.C15H26O4.C12H20O4.C11H18O4.C11H22O3.C11H20O3.C10H20O3/c1-4-14-5-7-16(8-6-14)19-12-15(17)11-18-10-9-13(2)3;1-4-14-5-7-15(8-6-14)19-16(11-17)12-18-10-9-13(2)3;1-6-15(9-16,10-18-8-7-12(2)3)11-19-14(17)13(4)5;1-9(2)5-6-15-7-11(13)8-16-12(14)10(3)4;1-4-11(13)15-8-10(12)7-14-6-5-9(2)3;1-4-11(7-12,8-13)9-14-6-5-10(2)3;1-4-6-13-8-11(12)9-14-7-5-10(2)3;1-9(2)4-5-13-8-10(3,6-11)7-12/h4-9,15,17H,1,10-12H2,2-3H3;4-9,16-17H,1,10-12H2,2-3H3;7,16H,4,6,8-11H2,1-3,5H3;5,11,13H,3,6-8H2,1-2,4H3;4-5,10,12H,1,6-8H2,2-3H3;5,12-13H,4,6-9H2,1-3H3;4-5,11-12H,1,6-9H2,2-3H3;4,11-12H,5-8H2,1-3H3. The van der Waals surface area contributed by atoms with Gasteiger partial charge in [-0.3, -0.25) is 0 Å². The van der Waals surface area contributed by atoms with Crippen molar-refractivity contribution in [1.29, 1.82) is 0 Å². The fourth-order valence-electron chi connectivity index (χ4n) is 7.98. The quantitative estimate of drug-likeness (QED) is 0.00966. The number of aliphatic hydroxyl groups is 10. The fraction of sp³-hybridized carbons (Fsp3) is 0.578. The Morgan fingerprint density at radius 3 is 0.946 bits per heavy atom. The van der Waals surface area contributed by atoms with Crippen LogP contribution >= 0.6 is 0 Å². The Balaban J connectivity index is -0.000000336. The molecule has 0 saturated heterocycles. The van der Waals surface area contributed by atoms with Gasteiger partial charge < -0.3 is 117 Å². The van der Waals surface area contributed by atoms with E-state index in [0.717, 1.165) is 46.3 Å². The second-order valence-corrected chi connectivity index (χ2v) is 32.6. The summed E-state index contributed by atoms with van der Waals surface area (Å²) in [6.45, 7) is 69.0. The SMILES string of the molecule is C=C(C)C(=O)OCC(CC)(CO)COCC=C(C)C.C=C(C)C(=O)OCC(O)COCC=C(C)C.C=CC(=O)OCC(O)COCC=C(C)C.C=CCOCC(O)COCC=C(C)C.C=Cc1ccc(OC(CO)COCC=C(C)C)cc1.C=Cc1ccc(OCC(O)COCC=C(C)C)cc1.CC(C)=CCOCC(C)(CO)CO.CCC(CO)(CO)COCC=C(C)C.